The third-order valence-corrected chi connectivity index (χ3v) is 7.31. The number of aryl methyl sites for hydroxylation is 1. The normalized spacial score (nSPS) is 14.3. The van der Waals surface area contributed by atoms with Crippen molar-refractivity contribution in [3.63, 3.8) is 0 Å². The van der Waals surface area contributed by atoms with Gasteiger partial charge in [-0.1, -0.05) is 54.9 Å². The topological polar surface area (TPSA) is 45.9 Å². The Morgan fingerprint density at radius 3 is 2.69 bits per heavy atom. The van der Waals surface area contributed by atoms with Gasteiger partial charge in [0.05, 0.1) is 5.56 Å². The summed E-state index contributed by atoms with van der Waals surface area (Å²) < 4.78 is 20.7. The number of ether oxygens (including phenoxy) is 1. The van der Waals surface area contributed by atoms with E-state index in [2.05, 4.69) is 30.1 Å². The molecule has 0 radical (unpaired) electrons. The highest BCUT2D eigenvalue weighted by molar-refractivity contribution is 6.31. The number of fused-ring (bicyclic) bond motifs is 1. The molecule has 1 aromatic heterocycles. The van der Waals surface area contributed by atoms with Crippen molar-refractivity contribution in [1.82, 2.24) is 4.98 Å². The second kappa shape index (κ2) is 10.5. The Bertz CT molecular complexity index is 1460. The Balaban J connectivity index is 1.40. The third kappa shape index (κ3) is 4.85. The molecule has 1 aliphatic carbocycles. The lowest BCUT2D eigenvalue weighted by atomic mass is 9.90. The number of rotatable bonds is 7. The number of hydrogen-bond acceptors (Lipinski definition) is 3. The first-order valence-corrected chi connectivity index (χ1v) is 12.6. The zero-order valence-corrected chi connectivity index (χ0v) is 20.9. The Kier molecular flexibility index (Phi) is 7.02. The van der Waals surface area contributed by atoms with Crippen molar-refractivity contribution < 1.29 is 9.13 Å². The molecule has 1 atom stereocenters. The van der Waals surface area contributed by atoms with Gasteiger partial charge in [0.1, 0.15) is 24.2 Å². The number of nitrogens with zero attached hydrogens (tertiary/aromatic N) is 2. The van der Waals surface area contributed by atoms with Crippen LogP contribution in [0, 0.1) is 17.1 Å². The number of benzene rings is 3. The van der Waals surface area contributed by atoms with Crippen LogP contribution in [0.3, 0.4) is 0 Å². The zero-order chi connectivity index (χ0) is 25.1. The summed E-state index contributed by atoms with van der Waals surface area (Å²) in [5.74, 6) is 0.920. The van der Waals surface area contributed by atoms with Crippen LogP contribution in [0.4, 0.5) is 4.39 Å². The molecule has 0 spiro atoms. The van der Waals surface area contributed by atoms with Crippen LogP contribution in [-0.4, -0.2) is 4.98 Å². The minimum atomic E-state index is -0.190. The summed E-state index contributed by atoms with van der Waals surface area (Å²) in [5, 5.41) is 9.87. The lowest BCUT2D eigenvalue weighted by Crippen LogP contribution is -2.04. The van der Waals surface area contributed by atoms with Gasteiger partial charge >= 0.3 is 0 Å². The first-order valence-electron chi connectivity index (χ1n) is 12.2. The van der Waals surface area contributed by atoms with Gasteiger partial charge in [0.2, 0.25) is 0 Å². The van der Waals surface area contributed by atoms with E-state index in [1.54, 1.807) is 24.5 Å². The summed E-state index contributed by atoms with van der Waals surface area (Å²) in [7, 11) is 0. The molecule has 3 nitrogen and oxygen atoms in total. The Hall–Kier alpha value is -3.68. The van der Waals surface area contributed by atoms with Crippen LogP contribution in [0.1, 0.15) is 52.6 Å². The molecule has 0 unspecified atom stereocenters. The highest BCUT2D eigenvalue weighted by Gasteiger charge is 2.27. The van der Waals surface area contributed by atoms with Crippen LogP contribution in [0.25, 0.3) is 11.1 Å². The van der Waals surface area contributed by atoms with E-state index in [-0.39, 0.29) is 5.82 Å². The fourth-order valence-electron chi connectivity index (χ4n) is 5.14. The number of nitriles is 1. The summed E-state index contributed by atoms with van der Waals surface area (Å²) in [6.07, 6.45) is 6.75. The molecule has 4 aromatic rings. The van der Waals surface area contributed by atoms with Crippen LogP contribution in [0.15, 0.2) is 73.1 Å². The van der Waals surface area contributed by atoms with Crippen LogP contribution < -0.4 is 4.74 Å². The minimum Gasteiger partial charge on any atom is -0.489 e. The number of hydrogen-bond donors (Lipinski definition) is 0. The van der Waals surface area contributed by atoms with Crippen LogP contribution in [-0.2, 0) is 25.9 Å². The van der Waals surface area contributed by atoms with E-state index in [0.29, 0.717) is 23.7 Å². The van der Waals surface area contributed by atoms with E-state index in [9.17, 15) is 4.39 Å². The summed E-state index contributed by atoms with van der Waals surface area (Å²) in [4.78, 5) is 4.12. The SMILES string of the molecule is CCc1cc(Cl)c(C[C@H]2CCc3c(-c4ccccc4F)cccc32)cc1OCc1cncc(C#N)c1. The van der Waals surface area contributed by atoms with E-state index in [4.69, 9.17) is 21.6 Å². The minimum absolute atomic E-state index is 0.190. The Labute approximate surface area is 216 Å². The largest absolute Gasteiger partial charge is 0.489 e. The molecule has 3 aromatic carbocycles. The van der Waals surface area contributed by atoms with Crippen LogP contribution in [0.2, 0.25) is 5.02 Å². The third-order valence-electron chi connectivity index (χ3n) is 6.95. The molecule has 1 heterocycles. The summed E-state index contributed by atoms with van der Waals surface area (Å²) in [6.45, 7) is 2.41. The standard InChI is InChI=1S/C31H26ClFN2O/c1-2-22-14-29(32)24(15-31(22)36-19-21-12-20(16-34)17-35-18-21)13-23-10-11-27-25(23)7-5-8-26(27)28-6-3-4-9-30(28)33/h3-9,12,14-15,17-18,23H,2,10-11,13,19H2,1H3/t23-/m1/s1. The first kappa shape index (κ1) is 24.0. The lowest BCUT2D eigenvalue weighted by molar-refractivity contribution is 0.302. The van der Waals surface area contributed by atoms with Crippen molar-refractivity contribution in [2.24, 2.45) is 0 Å². The molecule has 0 amide bonds. The molecular weight excluding hydrogens is 471 g/mol. The summed E-state index contributed by atoms with van der Waals surface area (Å²) in [6, 6.07) is 21.2. The van der Waals surface area contributed by atoms with Crippen molar-refractivity contribution >= 4 is 11.6 Å². The van der Waals surface area contributed by atoms with Crippen molar-refractivity contribution in [1.29, 1.82) is 5.26 Å². The predicted octanol–water partition coefficient (Wildman–Crippen LogP) is 7.83. The van der Waals surface area contributed by atoms with Gasteiger partial charge in [0.25, 0.3) is 0 Å². The molecule has 0 fully saturated rings. The molecule has 0 saturated heterocycles. The summed E-state index contributed by atoms with van der Waals surface area (Å²) in [5.41, 5.74) is 7.59. The van der Waals surface area contributed by atoms with Gasteiger partial charge in [0, 0.05) is 28.5 Å². The molecule has 180 valence electrons. The van der Waals surface area contributed by atoms with Gasteiger partial charge in [-0.15, -0.1) is 0 Å². The monoisotopic (exact) mass is 496 g/mol. The maximum atomic E-state index is 14.5. The molecule has 5 heteroatoms. The molecule has 0 N–H and O–H groups in total. The fraction of sp³-hybridized carbons (Fsp3) is 0.226. The quantitative estimate of drug-likeness (QED) is 0.262. The molecule has 0 bridgehead atoms. The lowest BCUT2D eigenvalue weighted by Gasteiger charge is -2.18. The van der Waals surface area contributed by atoms with Gasteiger partial charge in [-0.2, -0.15) is 5.26 Å². The predicted molar refractivity (Wildman–Crippen MR) is 141 cm³/mol. The number of halogens is 2. The van der Waals surface area contributed by atoms with Crippen molar-refractivity contribution in [3.8, 4) is 22.9 Å². The molecule has 36 heavy (non-hydrogen) atoms. The van der Waals surface area contributed by atoms with Gasteiger partial charge < -0.3 is 4.74 Å². The van der Waals surface area contributed by atoms with Crippen molar-refractivity contribution in [2.75, 3.05) is 0 Å². The fourth-order valence-corrected chi connectivity index (χ4v) is 5.41. The second-order valence-corrected chi connectivity index (χ2v) is 9.59. The maximum absolute atomic E-state index is 14.5. The highest BCUT2D eigenvalue weighted by atomic mass is 35.5. The van der Waals surface area contributed by atoms with E-state index in [1.165, 1.54) is 17.2 Å². The van der Waals surface area contributed by atoms with Gasteiger partial charge in [0.15, 0.2) is 0 Å². The molecule has 0 aliphatic heterocycles. The maximum Gasteiger partial charge on any atom is 0.131 e. The van der Waals surface area contributed by atoms with E-state index < -0.39 is 0 Å². The van der Waals surface area contributed by atoms with Crippen LogP contribution in [0.5, 0.6) is 5.75 Å². The second-order valence-electron chi connectivity index (χ2n) is 9.18. The van der Waals surface area contributed by atoms with Gasteiger partial charge in [-0.05, 0) is 83.7 Å². The van der Waals surface area contributed by atoms with E-state index in [0.717, 1.165) is 58.7 Å². The highest BCUT2D eigenvalue weighted by Crippen LogP contribution is 2.42. The molecular formula is C31H26ClFN2O. The Morgan fingerprint density at radius 1 is 1.06 bits per heavy atom. The van der Waals surface area contributed by atoms with Gasteiger partial charge in [-0.3, -0.25) is 4.98 Å². The Morgan fingerprint density at radius 2 is 1.89 bits per heavy atom. The summed E-state index contributed by atoms with van der Waals surface area (Å²) >= 11 is 6.74. The molecule has 5 rings (SSSR count). The molecule has 1 aliphatic rings. The van der Waals surface area contributed by atoms with Crippen molar-refractivity contribution in [2.45, 2.75) is 45.1 Å². The smallest absolute Gasteiger partial charge is 0.131 e. The van der Waals surface area contributed by atoms with Crippen molar-refractivity contribution in [3.05, 3.63) is 117 Å². The van der Waals surface area contributed by atoms with Gasteiger partial charge in [-0.25, -0.2) is 4.39 Å². The number of pyridine rings is 1. The van der Waals surface area contributed by atoms with Crippen LogP contribution >= 0.6 is 11.6 Å². The average Bonchev–Trinajstić information content (AvgIpc) is 3.32. The zero-order valence-electron chi connectivity index (χ0n) is 20.1. The molecule has 0 saturated carbocycles. The van der Waals surface area contributed by atoms with E-state index in [1.807, 2.05) is 30.3 Å². The first-order chi connectivity index (χ1) is 17.6. The van der Waals surface area contributed by atoms with E-state index >= 15 is 0 Å². The average molecular weight is 497 g/mol. The number of aromatic nitrogens is 1.